The monoisotopic (exact) mass is 264 g/mol. The van der Waals surface area contributed by atoms with Crippen LogP contribution in [0, 0.1) is 13.8 Å². The van der Waals surface area contributed by atoms with Crippen LogP contribution in [0.25, 0.3) is 5.78 Å². The first-order chi connectivity index (χ1) is 8.99. The van der Waals surface area contributed by atoms with Crippen LogP contribution in [0.4, 0.5) is 0 Å². The fourth-order valence-corrected chi connectivity index (χ4v) is 1.75. The highest BCUT2D eigenvalue weighted by Gasteiger charge is 2.21. The van der Waals surface area contributed by atoms with Crippen molar-refractivity contribution in [2.45, 2.75) is 13.8 Å². The van der Waals surface area contributed by atoms with Gasteiger partial charge in [-0.3, -0.25) is 0 Å². The largest absolute Gasteiger partial charge is 0.465 e. The third-order valence-corrected chi connectivity index (χ3v) is 2.66. The van der Waals surface area contributed by atoms with Crippen LogP contribution in [-0.2, 0) is 9.47 Å². The fraction of sp³-hybridized carbons (Fsp3) is 0.364. The van der Waals surface area contributed by atoms with Crippen LogP contribution in [0.1, 0.15) is 32.4 Å². The highest BCUT2D eigenvalue weighted by atomic mass is 16.5. The number of carbonyl (C=O) groups is 2. The van der Waals surface area contributed by atoms with Crippen molar-refractivity contribution in [3.63, 3.8) is 0 Å². The summed E-state index contributed by atoms with van der Waals surface area (Å²) in [4.78, 5) is 31.1. The molecular formula is C11H12N4O4. The normalized spacial score (nSPS) is 10.5. The van der Waals surface area contributed by atoms with E-state index in [4.69, 9.17) is 4.74 Å². The molecule has 0 spiro atoms. The van der Waals surface area contributed by atoms with E-state index in [9.17, 15) is 9.59 Å². The number of rotatable bonds is 2. The second-order valence-corrected chi connectivity index (χ2v) is 3.79. The Morgan fingerprint density at radius 1 is 1.05 bits per heavy atom. The zero-order valence-corrected chi connectivity index (χ0v) is 10.9. The molecule has 100 valence electrons. The maximum Gasteiger partial charge on any atom is 0.378 e. The highest BCUT2D eigenvalue weighted by molar-refractivity contribution is 5.92. The summed E-state index contributed by atoms with van der Waals surface area (Å²) < 4.78 is 10.5. The van der Waals surface area contributed by atoms with Crippen LogP contribution < -0.4 is 0 Å². The Labute approximate surface area is 108 Å². The van der Waals surface area contributed by atoms with Gasteiger partial charge in [0.25, 0.3) is 11.6 Å². The lowest BCUT2D eigenvalue weighted by Gasteiger charge is -2.07. The van der Waals surface area contributed by atoms with Gasteiger partial charge in [-0.25, -0.2) is 14.6 Å². The number of aromatic nitrogens is 4. The Morgan fingerprint density at radius 2 is 1.68 bits per heavy atom. The molecule has 0 saturated heterocycles. The lowest BCUT2D eigenvalue weighted by atomic mass is 10.2. The minimum Gasteiger partial charge on any atom is -0.465 e. The van der Waals surface area contributed by atoms with Gasteiger partial charge in [-0.15, -0.1) is 5.10 Å². The van der Waals surface area contributed by atoms with Crippen LogP contribution in [0.5, 0.6) is 0 Å². The Balaban J connectivity index is 2.70. The average molecular weight is 264 g/mol. The second-order valence-electron chi connectivity index (χ2n) is 3.79. The van der Waals surface area contributed by atoms with Gasteiger partial charge in [-0.05, 0) is 13.8 Å². The molecule has 0 bridgehead atoms. The Morgan fingerprint density at radius 3 is 2.26 bits per heavy atom. The van der Waals surface area contributed by atoms with Gasteiger partial charge < -0.3 is 9.47 Å². The molecular weight excluding hydrogens is 252 g/mol. The molecule has 8 heteroatoms. The summed E-state index contributed by atoms with van der Waals surface area (Å²) in [6.07, 6.45) is 0. The van der Waals surface area contributed by atoms with Crippen molar-refractivity contribution in [2.24, 2.45) is 0 Å². The molecule has 0 N–H and O–H groups in total. The number of carbonyl (C=O) groups excluding carboxylic acids is 2. The number of ether oxygens (including phenoxy) is 2. The van der Waals surface area contributed by atoms with Crippen molar-refractivity contribution in [3.8, 4) is 0 Å². The SMILES string of the molecule is COC(=O)c1nc2nc(C)c(C(=O)OC)c(C)n2n1. The standard InChI is InChI=1S/C11H12N4O4/c1-5-7(9(16)18-3)6(2)15-11(12-5)13-8(14-15)10(17)19-4/h1-4H3. The van der Waals surface area contributed by atoms with Crippen molar-refractivity contribution in [2.75, 3.05) is 14.2 Å². The van der Waals surface area contributed by atoms with Crippen LogP contribution >= 0.6 is 0 Å². The minimum atomic E-state index is -0.665. The smallest absolute Gasteiger partial charge is 0.378 e. The highest BCUT2D eigenvalue weighted by Crippen LogP contribution is 2.14. The molecule has 0 aliphatic rings. The van der Waals surface area contributed by atoms with Gasteiger partial charge >= 0.3 is 11.9 Å². The summed E-state index contributed by atoms with van der Waals surface area (Å²) in [5, 5.41) is 3.96. The van der Waals surface area contributed by atoms with Crippen molar-refractivity contribution in [1.29, 1.82) is 0 Å². The maximum atomic E-state index is 11.7. The molecule has 2 aromatic heterocycles. The minimum absolute atomic E-state index is 0.112. The number of methoxy groups -OCH3 is 2. The molecule has 2 heterocycles. The van der Waals surface area contributed by atoms with Crippen LogP contribution in [0.15, 0.2) is 0 Å². The third kappa shape index (κ3) is 2.01. The number of fused-ring (bicyclic) bond motifs is 1. The van der Waals surface area contributed by atoms with Gasteiger partial charge in [0.1, 0.15) is 5.56 Å². The predicted octanol–water partition coefficient (Wildman–Crippen LogP) is 0.314. The van der Waals surface area contributed by atoms with Crippen molar-refractivity contribution < 1.29 is 19.1 Å². The zero-order chi connectivity index (χ0) is 14.2. The lowest BCUT2D eigenvalue weighted by molar-refractivity contribution is 0.0583. The molecule has 0 saturated carbocycles. The Bertz CT molecular complexity index is 677. The molecule has 19 heavy (non-hydrogen) atoms. The second kappa shape index (κ2) is 4.63. The first-order valence-electron chi connectivity index (χ1n) is 5.40. The van der Waals surface area contributed by atoms with E-state index in [2.05, 4.69) is 19.8 Å². The summed E-state index contributed by atoms with van der Waals surface area (Å²) in [6, 6.07) is 0. The molecule has 0 amide bonds. The van der Waals surface area contributed by atoms with Gasteiger partial charge in [0, 0.05) is 0 Å². The van der Waals surface area contributed by atoms with E-state index in [0.717, 1.165) is 0 Å². The Kier molecular flexibility index (Phi) is 3.16. The van der Waals surface area contributed by atoms with Crippen molar-refractivity contribution in [1.82, 2.24) is 19.6 Å². The predicted molar refractivity (Wildman–Crippen MR) is 62.9 cm³/mol. The molecule has 0 radical (unpaired) electrons. The molecule has 0 aliphatic carbocycles. The van der Waals surface area contributed by atoms with E-state index < -0.39 is 11.9 Å². The van der Waals surface area contributed by atoms with Gasteiger partial charge in [0.2, 0.25) is 0 Å². The van der Waals surface area contributed by atoms with Crippen molar-refractivity contribution >= 4 is 17.7 Å². The first kappa shape index (κ1) is 12.9. The van der Waals surface area contributed by atoms with Crippen LogP contribution in [0.3, 0.4) is 0 Å². The van der Waals surface area contributed by atoms with E-state index in [0.29, 0.717) is 17.0 Å². The molecule has 0 fully saturated rings. The number of nitrogens with zero attached hydrogens (tertiary/aromatic N) is 4. The van der Waals surface area contributed by atoms with Gasteiger partial charge in [0.15, 0.2) is 0 Å². The number of aryl methyl sites for hydroxylation is 2. The molecule has 0 aromatic carbocycles. The van der Waals surface area contributed by atoms with E-state index >= 15 is 0 Å². The number of esters is 2. The molecule has 2 aromatic rings. The van der Waals surface area contributed by atoms with E-state index in [1.165, 1.54) is 18.7 Å². The van der Waals surface area contributed by atoms with E-state index in [1.54, 1.807) is 13.8 Å². The molecule has 2 rings (SSSR count). The molecule has 8 nitrogen and oxygen atoms in total. The summed E-state index contributed by atoms with van der Waals surface area (Å²) in [5.41, 5.74) is 1.26. The van der Waals surface area contributed by atoms with E-state index in [1.807, 2.05) is 0 Å². The summed E-state index contributed by atoms with van der Waals surface area (Å²) >= 11 is 0. The lowest BCUT2D eigenvalue weighted by Crippen LogP contribution is -2.12. The third-order valence-electron chi connectivity index (χ3n) is 2.66. The summed E-state index contributed by atoms with van der Waals surface area (Å²) in [6.45, 7) is 3.33. The van der Waals surface area contributed by atoms with E-state index in [-0.39, 0.29) is 11.6 Å². The maximum absolute atomic E-state index is 11.7. The molecule has 0 atom stereocenters. The molecule has 0 aliphatic heterocycles. The van der Waals surface area contributed by atoms with Crippen LogP contribution in [0.2, 0.25) is 0 Å². The Hall–Kier alpha value is -2.51. The first-order valence-corrected chi connectivity index (χ1v) is 5.40. The summed E-state index contributed by atoms with van der Waals surface area (Å²) in [5.74, 6) is -1.07. The number of hydrogen-bond acceptors (Lipinski definition) is 7. The van der Waals surface area contributed by atoms with Gasteiger partial charge in [-0.1, -0.05) is 0 Å². The van der Waals surface area contributed by atoms with Gasteiger partial charge in [0.05, 0.1) is 25.6 Å². The van der Waals surface area contributed by atoms with Crippen LogP contribution in [-0.4, -0.2) is 45.7 Å². The topological polar surface area (TPSA) is 95.7 Å². The average Bonchev–Trinajstić information content (AvgIpc) is 2.81. The quantitative estimate of drug-likeness (QED) is 0.720. The van der Waals surface area contributed by atoms with Crippen molar-refractivity contribution in [3.05, 3.63) is 22.8 Å². The zero-order valence-electron chi connectivity index (χ0n) is 10.9. The molecule has 0 unspecified atom stereocenters. The summed E-state index contributed by atoms with van der Waals surface area (Å²) in [7, 11) is 2.52. The van der Waals surface area contributed by atoms with Gasteiger partial charge in [-0.2, -0.15) is 9.50 Å². The number of hydrogen-bond donors (Lipinski definition) is 0. The fourth-order valence-electron chi connectivity index (χ4n) is 1.75.